The fourth-order valence-corrected chi connectivity index (χ4v) is 4.60. The first-order chi connectivity index (χ1) is 18.9. The number of hydrogen-bond donors (Lipinski definition) is 0. The topological polar surface area (TPSA) is 0 Å². The molecule has 0 heterocycles. The maximum absolute atomic E-state index is 4.25. The Morgan fingerprint density at radius 3 is 1.82 bits per heavy atom. The van der Waals surface area contributed by atoms with Gasteiger partial charge in [0, 0.05) is 5.92 Å². The van der Waals surface area contributed by atoms with Crippen LogP contribution < -0.4 is 0 Å². The van der Waals surface area contributed by atoms with Crippen molar-refractivity contribution in [1.82, 2.24) is 0 Å². The molecule has 210 valence electrons. The number of hydrogen-bond acceptors (Lipinski definition) is 0. The van der Waals surface area contributed by atoms with Crippen molar-refractivity contribution in [3.63, 3.8) is 0 Å². The lowest BCUT2D eigenvalue weighted by molar-refractivity contribution is 0.291. The lowest BCUT2D eigenvalue weighted by atomic mass is 9.69. The molecule has 1 unspecified atom stereocenters. The molecule has 0 spiro atoms. The predicted molar refractivity (Wildman–Crippen MR) is 181 cm³/mol. The van der Waals surface area contributed by atoms with Gasteiger partial charge in [0.05, 0.1) is 0 Å². The van der Waals surface area contributed by atoms with E-state index in [1.165, 1.54) is 50.1 Å². The molecule has 0 N–H and O–H groups in total. The number of allylic oxidation sites excluding steroid dienone is 20. The third-order valence-electron chi connectivity index (χ3n) is 7.66. The van der Waals surface area contributed by atoms with Crippen molar-refractivity contribution in [2.24, 2.45) is 11.3 Å². The Balaban J connectivity index is 1.88. The van der Waals surface area contributed by atoms with Crippen LogP contribution in [0.3, 0.4) is 0 Å². The first kappa shape index (κ1) is 32.6. The van der Waals surface area contributed by atoms with Crippen molar-refractivity contribution in [3.8, 4) is 0 Å². The Hall–Kier alpha value is -3.64. The lowest BCUT2D eigenvalue weighted by Crippen LogP contribution is -2.25. The lowest BCUT2D eigenvalue weighted by Gasteiger charge is -2.35. The highest BCUT2D eigenvalue weighted by atomic mass is 14.3. The zero-order chi connectivity index (χ0) is 29.7. The molecular formula is C40H50. The summed E-state index contributed by atoms with van der Waals surface area (Å²) in [5.74, 6) is 0.387. The van der Waals surface area contributed by atoms with Gasteiger partial charge in [0.2, 0.25) is 0 Å². The molecule has 0 saturated heterocycles. The average Bonchev–Trinajstić information content (AvgIpc) is 2.88. The zero-order valence-electron chi connectivity index (χ0n) is 26.4. The fourth-order valence-electron chi connectivity index (χ4n) is 4.60. The van der Waals surface area contributed by atoms with E-state index in [2.05, 4.69) is 178 Å². The highest BCUT2D eigenvalue weighted by Gasteiger charge is 2.30. The van der Waals surface area contributed by atoms with Gasteiger partial charge in [-0.15, -0.1) is 0 Å². The normalized spacial score (nSPS) is 19.5. The Kier molecular flexibility index (Phi) is 12.9. The molecule has 1 aromatic carbocycles. The van der Waals surface area contributed by atoms with Gasteiger partial charge >= 0.3 is 0 Å². The van der Waals surface area contributed by atoms with Gasteiger partial charge in [0.1, 0.15) is 0 Å². The molecule has 1 aromatic rings. The molecule has 40 heavy (non-hydrogen) atoms. The smallest absolute Gasteiger partial charge is 0.00693 e. The molecule has 0 bridgehead atoms. The number of rotatable bonds is 10. The van der Waals surface area contributed by atoms with Gasteiger partial charge in [0.15, 0.2) is 0 Å². The summed E-state index contributed by atoms with van der Waals surface area (Å²) < 4.78 is 0. The average molecular weight is 531 g/mol. The molecule has 0 aromatic heterocycles. The van der Waals surface area contributed by atoms with Gasteiger partial charge in [-0.25, -0.2) is 0 Å². The first-order valence-corrected chi connectivity index (χ1v) is 14.4. The Bertz CT molecular complexity index is 1350. The van der Waals surface area contributed by atoms with Gasteiger partial charge in [-0.2, -0.15) is 0 Å². The maximum atomic E-state index is 4.25. The van der Waals surface area contributed by atoms with Crippen molar-refractivity contribution in [2.75, 3.05) is 0 Å². The molecule has 0 aliphatic heterocycles. The van der Waals surface area contributed by atoms with E-state index in [0.717, 1.165) is 6.42 Å². The molecule has 0 fully saturated rings. The maximum Gasteiger partial charge on any atom is 0.00693 e. The molecule has 1 aliphatic carbocycles. The van der Waals surface area contributed by atoms with Crippen LogP contribution in [0.2, 0.25) is 0 Å². The molecule has 0 saturated carbocycles. The number of aryl methyl sites for hydroxylation is 1. The molecule has 0 nitrogen and oxygen atoms in total. The minimum absolute atomic E-state index is 0.222. The largest absolute Gasteiger partial charge is 0.0952 e. The first-order valence-electron chi connectivity index (χ1n) is 14.4. The summed E-state index contributed by atoms with van der Waals surface area (Å²) in [5.41, 5.74) is 11.7. The summed E-state index contributed by atoms with van der Waals surface area (Å²) >= 11 is 0. The number of benzene rings is 1. The fraction of sp³-hybridized carbons (Fsp3) is 0.300. The van der Waals surface area contributed by atoms with Crippen LogP contribution in [0.1, 0.15) is 70.2 Å². The third-order valence-corrected chi connectivity index (χ3v) is 7.66. The second-order valence-corrected chi connectivity index (χ2v) is 11.8. The minimum atomic E-state index is 0.222. The monoisotopic (exact) mass is 530 g/mol. The molecular weight excluding hydrogens is 480 g/mol. The summed E-state index contributed by atoms with van der Waals surface area (Å²) in [6.07, 6.45) is 35.7. The summed E-state index contributed by atoms with van der Waals surface area (Å²) in [4.78, 5) is 0. The molecule has 0 radical (unpaired) electrons. The molecule has 1 aliphatic rings. The van der Waals surface area contributed by atoms with Gasteiger partial charge in [-0.1, -0.05) is 152 Å². The van der Waals surface area contributed by atoms with Crippen molar-refractivity contribution >= 4 is 6.08 Å². The van der Waals surface area contributed by atoms with Crippen LogP contribution in [0.25, 0.3) is 6.08 Å². The van der Waals surface area contributed by atoms with Gasteiger partial charge in [0.25, 0.3) is 0 Å². The van der Waals surface area contributed by atoms with Gasteiger partial charge < -0.3 is 0 Å². The Morgan fingerprint density at radius 1 is 0.725 bits per heavy atom. The summed E-state index contributed by atoms with van der Waals surface area (Å²) in [7, 11) is 0. The van der Waals surface area contributed by atoms with E-state index >= 15 is 0 Å². The van der Waals surface area contributed by atoms with Crippen LogP contribution in [0.15, 0.2) is 138 Å². The SMILES string of the molecule is C=C1C=CCC(C)(C)C1C=CC(C)=CC=CC(C)=CC=CC=C(C)C=CC=C(C)C=Cc1ccc(C)c(C)c1C. The standard InChI is InChI=1S/C40H50/c1-30(18-13-20-32(3)23-26-38-27-25-34(5)36(7)37(38)8)16-11-12-17-31(2)19-14-21-33(4)24-28-39-35(6)22-15-29-40(39,9)10/h11-28,39H,6,29H2,1-5,7-10H3. The summed E-state index contributed by atoms with van der Waals surface area (Å²) in [6, 6.07) is 4.40. The van der Waals surface area contributed by atoms with Crippen LogP contribution >= 0.6 is 0 Å². The van der Waals surface area contributed by atoms with E-state index < -0.39 is 0 Å². The van der Waals surface area contributed by atoms with Crippen LogP contribution in [0.5, 0.6) is 0 Å². The second-order valence-electron chi connectivity index (χ2n) is 11.8. The molecule has 0 heteroatoms. The van der Waals surface area contributed by atoms with Crippen LogP contribution in [-0.4, -0.2) is 0 Å². The van der Waals surface area contributed by atoms with Crippen molar-refractivity contribution < 1.29 is 0 Å². The third kappa shape index (κ3) is 10.9. The van der Waals surface area contributed by atoms with E-state index in [1.54, 1.807) is 0 Å². The van der Waals surface area contributed by atoms with E-state index in [4.69, 9.17) is 0 Å². The Morgan fingerprint density at radius 2 is 1.25 bits per heavy atom. The zero-order valence-corrected chi connectivity index (χ0v) is 26.4. The van der Waals surface area contributed by atoms with Crippen LogP contribution in [0, 0.1) is 32.1 Å². The van der Waals surface area contributed by atoms with Crippen molar-refractivity contribution in [3.05, 3.63) is 160 Å². The second kappa shape index (κ2) is 15.8. The van der Waals surface area contributed by atoms with E-state index in [1.807, 2.05) is 0 Å². The van der Waals surface area contributed by atoms with Crippen LogP contribution in [0.4, 0.5) is 0 Å². The van der Waals surface area contributed by atoms with Gasteiger partial charge in [-0.3, -0.25) is 0 Å². The highest BCUT2D eigenvalue weighted by Crippen LogP contribution is 2.40. The van der Waals surface area contributed by atoms with Crippen molar-refractivity contribution in [1.29, 1.82) is 0 Å². The van der Waals surface area contributed by atoms with Crippen molar-refractivity contribution in [2.45, 2.75) is 68.7 Å². The molecule has 0 amide bonds. The van der Waals surface area contributed by atoms with Gasteiger partial charge in [-0.05, 0) is 88.1 Å². The quantitative estimate of drug-likeness (QED) is 0.264. The summed E-state index contributed by atoms with van der Waals surface area (Å²) in [6.45, 7) is 24.0. The van der Waals surface area contributed by atoms with E-state index in [0.29, 0.717) is 5.92 Å². The van der Waals surface area contributed by atoms with E-state index in [9.17, 15) is 0 Å². The summed E-state index contributed by atoms with van der Waals surface area (Å²) in [5, 5.41) is 0. The molecule has 1 atom stereocenters. The Labute approximate surface area is 245 Å². The molecule has 2 rings (SSSR count). The van der Waals surface area contributed by atoms with Crippen LogP contribution in [-0.2, 0) is 0 Å². The predicted octanol–water partition coefficient (Wildman–Crippen LogP) is 11.8. The highest BCUT2D eigenvalue weighted by molar-refractivity contribution is 5.59. The minimum Gasteiger partial charge on any atom is -0.0952 e. The van der Waals surface area contributed by atoms with E-state index in [-0.39, 0.29) is 5.41 Å².